The van der Waals surface area contributed by atoms with Crippen molar-refractivity contribution in [2.75, 3.05) is 13.2 Å². The lowest BCUT2D eigenvalue weighted by molar-refractivity contribution is 0.0487. The Morgan fingerprint density at radius 3 is 1.91 bits per heavy atom. The molecule has 0 saturated carbocycles. The number of fused-ring (bicyclic) bond motifs is 4. The van der Waals surface area contributed by atoms with Crippen LogP contribution in [0.1, 0.15) is 83.2 Å². The zero-order chi connectivity index (χ0) is 31.0. The van der Waals surface area contributed by atoms with Crippen LogP contribution in [0.5, 0.6) is 11.5 Å². The van der Waals surface area contributed by atoms with E-state index in [1.165, 1.54) is 0 Å². The summed E-state index contributed by atoms with van der Waals surface area (Å²) in [6.07, 6.45) is 8.77. The minimum absolute atomic E-state index is 0.157. The van der Waals surface area contributed by atoms with Crippen LogP contribution in [0.25, 0.3) is 21.9 Å². The molecule has 2 heterocycles. The van der Waals surface area contributed by atoms with Gasteiger partial charge in [0.2, 0.25) is 5.43 Å². The number of carbonyl (C=O) groups is 2. The lowest BCUT2D eigenvalue weighted by Crippen LogP contribution is -2.09. The van der Waals surface area contributed by atoms with Crippen molar-refractivity contribution in [1.29, 1.82) is 0 Å². The van der Waals surface area contributed by atoms with E-state index in [1.54, 1.807) is 42.5 Å². The second-order valence-corrected chi connectivity index (χ2v) is 11.4. The van der Waals surface area contributed by atoms with Crippen molar-refractivity contribution in [3.63, 3.8) is 0 Å². The van der Waals surface area contributed by atoms with Crippen LogP contribution in [-0.2, 0) is 15.9 Å². The molecule has 1 aromatic heterocycles. The molecule has 0 saturated heterocycles. The van der Waals surface area contributed by atoms with E-state index in [0.717, 1.165) is 80.4 Å². The Bertz CT molecular complexity index is 1890. The third-order valence-corrected chi connectivity index (χ3v) is 8.19. The number of benzene rings is 4. The molecule has 0 amide bonds. The molecule has 7 nitrogen and oxygen atoms in total. The largest absolute Gasteiger partial charge is 0.462 e. The molecular formula is C38H36O7. The van der Waals surface area contributed by atoms with Crippen molar-refractivity contribution < 1.29 is 28.2 Å². The average molecular weight is 605 g/mol. The molecule has 6 rings (SSSR count). The summed E-state index contributed by atoms with van der Waals surface area (Å²) in [5.74, 6) is 0.929. The zero-order valence-electron chi connectivity index (χ0n) is 25.2. The summed E-state index contributed by atoms with van der Waals surface area (Å²) in [5.41, 5.74) is 3.83. The summed E-state index contributed by atoms with van der Waals surface area (Å²) in [7, 11) is 0. The Labute approximate surface area is 261 Å². The third kappa shape index (κ3) is 7.26. The maximum atomic E-state index is 12.8. The van der Waals surface area contributed by atoms with Gasteiger partial charge in [0.15, 0.2) is 0 Å². The van der Waals surface area contributed by atoms with Crippen molar-refractivity contribution in [2.45, 2.75) is 57.8 Å². The van der Waals surface area contributed by atoms with Gasteiger partial charge in [-0.2, -0.15) is 0 Å². The average Bonchev–Trinajstić information content (AvgIpc) is 3.07. The molecule has 0 radical (unpaired) electrons. The summed E-state index contributed by atoms with van der Waals surface area (Å²) >= 11 is 0. The van der Waals surface area contributed by atoms with Crippen molar-refractivity contribution in [1.82, 2.24) is 0 Å². The van der Waals surface area contributed by atoms with Gasteiger partial charge < -0.3 is 18.6 Å². The molecule has 45 heavy (non-hydrogen) atoms. The second kappa shape index (κ2) is 14.2. The Kier molecular flexibility index (Phi) is 9.54. The Balaban J connectivity index is 0.820. The fourth-order valence-corrected chi connectivity index (χ4v) is 5.71. The van der Waals surface area contributed by atoms with Gasteiger partial charge in [0.25, 0.3) is 0 Å². The number of carbonyl (C=O) groups excluding carboxylic acids is 2. The predicted molar refractivity (Wildman–Crippen MR) is 173 cm³/mol. The third-order valence-electron chi connectivity index (χ3n) is 8.19. The molecule has 1 aliphatic heterocycles. The maximum absolute atomic E-state index is 12.8. The van der Waals surface area contributed by atoms with Crippen LogP contribution in [0.2, 0.25) is 0 Å². The van der Waals surface area contributed by atoms with E-state index >= 15 is 0 Å². The van der Waals surface area contributed by atoms with Gasteiger partial charge in [0.05, 0.1) is 35.1 Å². The molecule has 0 N–H and O–H groups in total. The number of rotatable bonds is 13. The number of ether oxygens (including phenoxy) is 3. The lowest BCUT2D eigenvalue weighted by atomic mass is 9.98. The van der Waals surface area contributed by atoms with Gasteiger partial charge in [-0.05, 0) is 73.0 Å². The molecule has 4 aromatic carbocycles. The molecule has 0 unspecified atom stereocenters. The van der Waals surface area contributed by atoms with Crippen molar-refractivity contribution >= 4 is 33.9 Å². The van der Waals surface area contributed by atoms with E-state index in [9.17, 15) is 14.4 Å². The highest BCUT2D eigenvalue weighted by molar-refractivity contribution is 5.96. The molecule has 7 heteroatoms. The summed E-state index contributed by atoms with van der Waals surface area (Å²) < 4.78 is 22.7. The first-order valence-electron chi connectivity index (χ1n) is 15.8. The summed E-state index contributed by atoms with van der Waals surface area (Å²) in [4.78, 5) is 37.9. The van der Waals surface area contributed by atoms with Crippen LogP contribution in [0.4, 0.5) is 0 Å². The number of hydrogen-bond donors (Lipinski definition) is 0. The topological polar surface area (TPSA) is 92.0 Å². The zero-order valence-corrected chi connectivity index (χ0v) is 25.2. The standard InChI is InChI=1S/C38H36O7/c39-36-30-14-8-10-16-34(30)45-35-20-18-28(25-31(35)36)38(41)43-22-12-6-4-2-1-3-5-11-21-42-37(40)27-17-19-33-29(24-27)23-26-13-7-9-15-32(26)44-33/h7-10,13-20,24-25H,1-6,11-12,21-23H2. The van der Waals surface area contributed by atoms with Crippen molar-refractivity contribution in [3.05, 3.63) is 117 Å². The van der Waals surface area contributed by atoms with Gasteiger partial charge in [0, 0.05) is 12.0 Å². The van der Waals surface area contributed by atoms with Gasteiger partial charge in [-0.25, -0.2) is 9.59 Å². The van der Waals surface area contributed by atoms with Crippen LogP contribution in [0.15, 0.2) is 94.1 Å². The smallest absolute Gasteiger partial charge is 0.338 e. The van der Waals surface area contributed by atoms with Crippen molar-refractivity contribution in [2.24, 2.45) is 0 Å². The van der Waals surface area contributed by atoms with Gasteiger partial charge in [-0.1, -0.05) is 68.9 Å². The number of esters is 2. The highest BCUT2D eigenvalue weighted by Gasteiger charge is 2.19. The Morgan fingerprint density at radius 2 is 1.16 bits per heavy atom. The van der Waals surface area contributed by atoms with E-state index < -0.39 is 5.97 Å². The van der Waals surface area contributed by atoms with E-state index in [1.807, 2.05) is 42.5 Å². The molecule has 0 bridgehead atoms. The molecule has 1 aliphatic rings. The fraction of sp³-hybridized carbons (Fsp3) is 0.289. The monoisotopic (exact) mass is 604 g/mol. The number of para-hydroxylation sites is 2. The highest BCUT2D eigenvalue weighted by atomic mass is 16.5. The van der Waals surface area contributed by atoms with Gasteiger partial charge in [-0.15, -0.1) is 0 Å². The summed E-state index contributed by atoms with van der Waals surface area (Å²) in [6, 6.07) is 25.3. The van der Waals surface area contributed by atoms with Crippen LogP contribution >= 0.6 is 0 Å². The van der Waals surface area contributed by atoms with Gasteiger partial charge in [0.1, 0.15) is 22.7 Å². The number of unbranched alkanes of at least 4 members (excludes halogenated alkanes) is 7. The maximum Gasteiger partial charge on any atom is 0.338 e. The first-order valence-corrected chi connectivity index (χ1v) is 15.8. The molecular weight excluding hydrogens is 568 g/mol. The summed E-state index contributed by atoms with van der Waals surface area (Å²) in [5, 5.41) is 0.862. The lowest BCUT2D eigenvalue weighted by Gasteiger charge is -2.20. The fourth-order valence-electron chi connectivity index (χ4n) is 5.71. The Hall–Kier alpha value is -4.91. The van der Waals surface area contributed by atoms with Crippen LogP contribution in [0.3, 0.4) is 0 Å². The quantitative estimate of drug-likeness (QED) is 0.0739. The minimum Gasteiger partial charge on any atom is -0.462 e. The molecule has 0 aliphatic carbocycles. The Morgan fingerprint density at radius 1 is 0.578 bits per heavy atom. The van der Waals surface area contributed by atoms with E-state index in [4.69, 9.17) is 18.6 Å². The van der Waals surface area contributed by atoms with Crippen LogP contribution in [0, 0.1) is 0 Å². The molecule has 0 spiro atoms. The molecule has 5 aromatic rings. The van der Waals surface area contributed by atoms with Crippen LogP contribution in [-0.4, -0.2) is 25.2 Å². The SMILES string of the molecule is O=C(OCCCCCCCCCCOC(=O)c1ccc2oc3ccccc3c(=O)c2c1)c1ccc2c(c1)Cc1ccccc1O2. The molecule has 0 atom stereocenters. The first kappa shape index (κ1) is 30.1. The van der Waals surface area contributed by atoms with E-state index in [2.05, 4.69) is 0 Å². The predicted octanol–water partition coefficient (Wildman–Crippen LogP) is 8.78. The molecule has 0 fully saturated rings. The van der Waals surface area contributed by atoms with Gasteiger partial charge in [-0.3, -0.25) is 4.79 Å². The van der Waals surface area contributed by atoms with E-state index in [-0.39, 0.29) is 11.4 Å². The second-order valence-electron chi connectivity index (χ2n) is 11.4. The summed E-state index contributed by atoms with van der Waals surface area (Å²) in [6.45, 7) is 0.762. The van der Waals surface area contributed by atoms with Crippen LogP contribution < -0.4 is 10.2 Å². The highest BCUT2D eigenvalue weighted by Crippen LogP contribution is 2.36. The molecule has 230 valence electrons. The normalized spacial score (nSPS) is 11.9. The van der Waals surface area contributed by atoms with E-state index in [0.29, 0.717) is 46.3 Å². The minimum atomic E-state index is -0.434. The first-order chi connectivity index (χ1) is 22.1. The number of hydrogen-bond acceptors (Lipinski definition) is 7. The van der Waals surface area contributed by atoms with Crippen molar-refractivity contribution in [3.8, 4) is 11.5 Å². The van der Waals surface area contributed by atoms with Gasteiger partial charge >= 0.3 is 11.9 Å².